The Morgan fingerprint density at radius 2 is 2.12 bits per heavy atom. The second kappa shape index (κ2) is 4.73. The average Bonchev–Trinajstić information content (AvgIpc) is 2.75. The molecule has 92 valence electrons. The van der Waals surface area contributed by atoms with Gasteiger partial charge in [-0.3, -0.25) is 0 Å². The standard InChI is InChI=1S/C12H15NO4/c14-11(15)9-1-3-10(4-2-9)13-7-12(16)5-6-17-8-12/h1-4,13,16H,5-8H2,(H,14,15). The zero-order valence-corrected chi connectivity index (χ0v) is 9.35. The summed E-state index contributed by atoms with van der Waals surface area (Å²) in [6.45, 7) is 1.32. The molecule has 1 unspecified atom stereocenters. The highest BCUT2D eigenvalue weighted by atomic mass is 16.5. The molecule has 1 saturated heterocycles. The molecule has 1 atom stereocenters. The summed E-state index contributed by atoms with van der Waals surface area (Å²) < 4.78 is 5.13. The number of aliphatic hydroxyl groups is 1. The van der Waals surface area contributed by atoms with Crippen LogP contribution < -0.4 is 5.32 Å². The van der Waals surface area contributed by atoms with Crippen molar-refractivity contribution in [3.63, 3.8) is 0 Å². The molecule has 1 aromatic carbocycles. The van der Waals surface area contributed by atoms with Crippen molar-refractivity contribution in [2.75, 3.05) is 25.1 Å². The van der Waals surface area contributed by atoms with Crippen LogP contribution in [-0.4, -0.2) is 41.5 Å². The fraction of sp³-hybridized carbons (Fsp3) is 0.417. The van der Waals surface area contributed by atoms with Crippen LogP contribution in [0.3, 0.4) is 0 Å². The summed E-state index contributed by atoms with van der Waals surface area (Å²) in [6, 6.07) is 6.42. The van der Waals surface area contributed by atoms with Crippen molar-refractivity contribution in [2.24, 2.45) is 0 Å². The Labute approximate surface area is 99.0 Å². The lowest BCUT2D eigenvalue weighted by atomic mass is 10.0. The topological polar surface area (TPSA) is 78.8 Å². The molecule has 0 bridgehead atoms. The molecule has 0 amide bonds. The molecule has 0 spiro atoms. The van der Waals surface area contributed by atoms with Gasteiger partial charge in [0, 0.05) is 25.3 Å². The molecule has 17 heavy (non-hydrogen) atoms. The first-order chi connectivity index (χ1) is 8.09. The number of rotatable bonds is 4. The lowest BCUT2D eigenvalue weighted by molar-refractivity contribution is 0.0382. The first-order valence-corrected chi connectivity index (χ1v) is 5.46. The van der Waals surface area contributed by atoms with E-state index in [0.717, 1.165) is 5.69 Å². The molecule has 0 radical (unpaired) electrons. The molecular weight excluding hydrogens is 222 g/mol. The van der Waals surface area contributed by atoms with Gasteiger partial charge in [-0.25, -0.2) is 4.79 Å². The molecule has 1 aliphatic rings. The molecule has 0 aromatic heterocycles. The Kier molecular flexibility index (Phi) is 3.31. The normalized spacial score (nSPS) is 23.6. The summed E-state index contributed by atoms with van der Waals surface area (Å²) in [7, 11) is 0. The SMILES string of the molecule is O=C(O)c1ccc(NCC2(O)CCOC2)cc1. The monoisotopic (exact) mass is 237 g/mol. The Morgan fingerprint density at radius 3 is 2.65 bits per heavy atom. The quantitative estimate of drug-likeness (QED) is 0.726. The minimum absolute atomic E-state index is 0.249. The number of aromatic carboxylic acids is 1. The summed E-state index contributed by atoms with van der Waals surface area (Å²) in [5, 5.41) is 21.8. The maximum Gasteiger partial charge on any atom is 0.335 e. The van der Waals surface area contributed by atoms with Crippen molar-refractivity contribution < 1.29 is 19.7 Å². The fourth-order valence-electron chi connectivity index (χ4n) is 1.73. The van der Waals surface area contributed by atoms with Crippen LogP contribution in [0.1, 0.15) is 16.8 Å². The molecule has 1 heterocycles. The number of hydrogen-bond donors (Lipinski definition) is 3. The smallest absolute Gasteiger partial charge is 0.335 e. The highest BCUT2D eigenvalue weighted by molar-refractivity contribution is 5.87. The highest BCUT2D eigenvalue weighted by Crippen LogP contribution is 2.19. The first-order valence-electron chi connectivity index (χ1n) is 5.46. The first kappa shape index (κ1) is 11.9. The third kappa shape index (κ3) is 2.95. The van der Waals surface area contributed by atoms with E-state index < -0.39 is 11.6 Å². The molecule has 0 saturated carbocycles. The number of carboxylic acids is 1. The van der Waals surface area contributed by atoms with E-state index in [1.165, 1.54) is 12.1 Å². The fourth-order valence-corrected chi connectivity index (χ4v) is 1.73. The minimum Gasteiger partial charge on any atom is -0.478 e. The van der Waals surface area contributed by atoms with E-state index in [1.54, 1.807) is 12.1 Å². The average molecular weight is 237 g/mol. The van der Waals surface area contributed by atoms with Crippen LogP contribution >= 0.6 is 0 Å². The largest absolute Gasteiger partial charge is 0.478 e. The number of carbonyl (C=O) groups is 1. The second-order valence-electron chi connectivity index (χ2n) is 4.26. The van der Waals surface area contributed by atoms with E-state index >= 15 is 0 Å². The van der Waals surface area contributed by atoms with Crippen molar-refractivity contribution in [3.05, 3.63) is 29.8 Å². The van der Waals surface area contributed by atoms with Crippen LogP contribution in [-0.2, 0) is 4.74 Å². The lowest BCUT2D eigenvalue weighted by Crippen LogP contribution is -2.37. The van der Waals surface area contributed by atoms with Crippen LogP contribution in [0.4, 0.5) is 5.69 Å². The molecule has 1 aliphatic heterocycles. The third-order valence-electron chi connectivity index (χ3n) is 2.84. The van der Waals surface area contributed by atoms with Crippen LogP contribution in [0, 0.1) is 0 Å². The van der Waals surface area contributed by atoms with Crippen molar-refractivity contribution >= 4 is 11.7 Å². The van der Waals surface area contributed by atoms with Gasteiger partial charge < -0.3 is 20.3 Å². The van der Waals surface area contributed by atoms with Gasteiger partial charge in [-0.1, -0.05) is 0 Å². The molecule has 5 nitrogen and oxygen atoms in total. The van der Waals surface area contributed by atoms with Gasteiger partial charge in [0.25, 0.3) is 0 Å². The molecule has 1 fully saturated rings. The van der Waals surface area contributed by atoms with E-state index in [2.05, 4.69) is 5.32 Å². The molecular formula is C12H15NO4. The van der Waals surface area contributed by atoms with Gasteiger partial charge in [0.15, 0.2) is 0 Å². The molecule has 5 heteroatoms. The molecule has 2 rings (SSSR count). The van der Waals surface area contributed by atoms with Crippen molar-refractivity contribution in [1.29, 1.82) is 0 Å². The lowest BCUT2D eigenvalue weighted by Gasteiger charge is -2.21. The summed E-state index contributed by atoms with van der Waals surface area (Å²) in [4.78, 5) is 10.7. The van der Waals surface area contributed by atoms with Gasteiger partial charge in [-0.05, 0) is 24.3 Å². The van der Waals surface area contributed by atoms with Crippen LogP contribution in [0.2, 0.25) is 0 Å². The molecule has 1 aromatic rings. The minimum atomic E-state index is -0.945. The number of ether oxygens (including phenoxy) is 1. The van der Waals surface area contributed by atoms with Crippen molar-refractivity contribution in [1.82, 2.24) is 0 Å². The van der Waals surface area contributed by atoms with Gasteiger partial charge in [0.2, 0.25) is 0 Å². The van der Waals surface area contributed by atoms with Crippen LogP contribution in [0.25, 0.3) is 0 Å². The summed E-state index contributed by atoms with van der Waals surface area (Å²) in [5.41, 5.74) is 0.222. The number of carboxylic acid groups (broad SMARTS) is 1. The summed E-state index contributed by atoms with van der Waals surface area (Å²) in [5.74, 6) is -0.945. The Hall–Kier alpha value is -1.59. The van der Waals surface area contributed by atoms with Gasteiger partial charge in [-0.15, -0.1) is 0 Å². The Morgan fingerprint density at radius 1 is 1.41 bits per heavy atom. The van der Waals surface area contributed by atoms with Crippen molar-refractivity contribution in [2.45, 2.75) is 12.0 Å². The zero-order chi connectivity index (χ0) is 12.3. The molecule has 3 N–H and O–H groups in total. The summed E-state index contributed by atoms with van der Waals surface area (Å²) >= 11 is 0. The highest BCUT2D eigenvalue weighted by Gasteiger charge is 2.31. The van der Waals surface area contributed by atoms with Crippen LogP contribution in [0.15, 0.2) is 24.3 Å². The predicted molar refractivity (Wildman–Crippen MR) is 62.3 cm³/mol. The van der Waals surface area contributed by atoms with Gasteiger partial charge in [-0.2, -0.15) is 0 Å². The van der Waals surface area contributed by atoms with Gasteiger partial charge >= 0.3 is 5.97 Å². The maximum atomic E-state index is 10.7. The van der Waals surface area contributed by atoms with Gasteiger partial charge in [0.05, 0.1) is 12.2 Å². The third-order valence-corrected chi connectivity index (χ3v) is 2.84. The Bertz CT molecular complexity index is 395. The maximum absolute atomic E-state index is 10.7. The van der Waals surface area contributed by atoms with Crippen molar-refractivity contribution in [3.8, 4) is 0 Å². The number of nitrogens with one attached hydrogen (secondary N) is 1. The van der Waals surface area contributed by atoms with E-state index in [-0.39, 0.29) is 5.56 Å². The van der Waals surface area contributed by atoms with E-state index in [9.17, 15) is 9.90 Å². The van der Waals surface area contributed by atoms with Crippen LogP contribution in [0.5, 0.6) is 0 Å². The predicted octanol–water partition coefficient (Wildman–Crippen LogP) is 0.948. The Balaban J connectivity index is 1.93. The van der Waals surface area contributed by atoms with E-state index in [4.69, 9.17) is 9.84 Å². The summed E-state index contributed by atoms with van der Waals surface area (Å²) in [6.07, 6.45) is 0.618. The van der Waals surface area contributed by atoms with E-state index in [1.807, 2.05) is 0 Å². The van der Waals surface area contributed by atoms with Gasteiger partial charge in [0.1, 0.15) is 5.60 Å². The number of anilines is 1. The zero-order valence-electron chi connectivity index (χ0n) is 9.35. The number of benzene rings is 1. The van der Waals surface area contributed by atoms with E-state index in [0.29, 0.717) is 26.2 Å². The second-order valence-corrected chi connectivity index (χ2v) is 4.26. The molecule has 0 aliphatic carbocycles. The number of hydrogen-bond acceptors (Lipinski definition) is 4.